The number of rotatable bonds is 8. The van der Waals surface area contributed by atoms with Gasteiger partial charge >= 0.3 is 18.2 Å². The average Bonchev–Trinajstić information content (AvgIpc) is 3.35. The minimum Gasteiger partial charge on any atom is -0.464 e. The van der Waals surface area contributed by atoms with E-state index in [1.807, 2.05) is 36.4 Å². The molecule has 2 N–H and O–H groups in total. The Labute approximate surface area is 251 Å². The Morgan fingerprint density at radius 2 is 1.65 bits per heavy atom. The Kier molecular flexibility index (Phi) is 8.23. The van der Waals surface area contributed by atoms with Crippen LogP contribution in [0.2, 0.25) is 0 Å². The van der Waals surface area contributed by atoms with E-state index in [1.165, 1.54) is 4.90 Å². The summed E-state index contributed by atoms with van der Waals surface area (Å²) in [6.45, 7) is 11.0. The maximum absolute atomic E-state index is 13.6. The number of likely N-dealkylation sites (tertiary alicyclic amines) is 1. The monoisotopic (exact) mass is 589 g/mol. The molecule has 0 aromatic heterocycles. The first-order valence-corrected chi connectivity index (χ1v) is 14.7. The van der Waals surface area contributed by atoms with Gasteiger partial charge in [-0.2, -0.15) is 0 Å². The summed E-state index contributed by atoms with van der Waals surface area (Å²) in [5, 5.41) is 5.65. The molecule has 1 heterocycles. The van der Waals surface area contributed by atoms with Gasteiger partial charge in [0, 0.05) is 18.4 Å². The molecule has 10 heteroatoms. The number of amides is 3. The van der Waals surface area contributed by atoms with E-state index in [9.17, 15) is 19.2 Å². The number of nitrogens with one attached hydrogen (secondary N) is 2. The van der Waals surface area contributed by atoms with Crippen molar-refractivity contribution in [2.45, 2.75) is 69.7 Å². The zero-order valence-electron chi connectivity index (χ0n) is 25.1. The number of hydrogen-bond donors (Lipinski definition) is 2. The number of fused-ring (bicyclic) bond motifs is 3. The number of ether oxygens (including phenoxy) is 3. The number of nitrogens with zero attached hydrogens (tertiary/aromatic N) is 1. The van der Waals surface area contributed by atoms with E-state index in [0.717, 1.165) is 22.3 Å². The summed E-state index contributed by atoms with van der Waals surface area (Å²) in [5.74, 6) is -1.45. The van der Waals surface area contributed by atoms with Crippen LogP contribution in [0.3, 0.4) is 0 Å². The molecule has 0 spiro atoms. The third kappa shape index (κ3) is 6.09. The fourth-order valence-corrected chi connectivity index (χ4v) is 6.08. The van der Waals surface area contributed by atoms with Crippen LogP contribution in [-0.4, -0.2) is 71.9 Å². The number of carbonyl (C=O) groups is 4. The molecule has 4 atom stereocenters. The lowest BCUT2D eigenvalue weighted by Gasteiger charge is -2.29. The van der Waals surface area contributed by atoms with Crippen LogP contribution in [0.4, 0.5) is 9.59 Å². The quantitative estimate of drug-likeness (QED) is 0.264. The summed E-state index contributed by atoms with van der Waals surface area (Å²) in [6, 6.07) is 14.6. The van der Waals surface area contributed by atoms with Crippen LogP contribution < -0.4 is 10.6 Å². The largest absolute Gasteiger partial charge is 0.464 e. The highest BCUT2D eigenvalue weighted by Crippen LogP contribution is 2.46. The van der Waals surface area contributed by atoms with Gasteiger partial charge in [0.25, 0.3) is 0 Å². The fourth-order valence-electron chi connectivity index (χ4n) is 6.08. The normalized spacial score (nSPS) is 23.9. The second-order valence-corrected chi connectivity index (χ2v) is 12.3. The van der Waals surface area contributed by atoms with Crippen molar-refractivity contribution in [1.82, 2.24) is 15.5 Å². The van der Waals surface area contributed by atoms with E-state index in [2.05, 4.69) is 29.3 Å². The molecule has 3 aliphatic rings. The predicted molar refractivity (Wildman–Crippen MR) is 159 cm³/mol. The smallest absolute Gasteiger partial charge is 0.411 e. The number of benzene rings is 2. The maximum Gasteiger partial charge on any atom is 0.411 e. The number of esters is 1. The van der Waals surface area contributed by atoms with Gasteiger partial charge in [0.1, 0.15) is 23.8 Å². The van der Waals surface area contributed by atoms with Gasteiger partial charge in [-0.15, -0.1) is 6.58 Å². The van der Waals surface area contributed by atoms with E-state index < -0.39 is 47.3 Å². The van der Waals surface area contributed by atoms with Gasteiger partial charge in [-0.3, -0.25) is 9.69 Å². The lowest BCUT2D eigenvalue weighted by molar-refractivity contribution is -0.149. The minimum atomic E-state index is -1.22. The molecule has 5 rings (SSSR count). The number of hydrogen-bond acceptors (Lipinski definition) is 7. The van der Waals surface area contributed by atoms with Gasteiger partial charge in [0.15, 0.2) is 0 Å². The van der Waals surface area contributed by atoms with Crippen LogP contribution >= 0.6 is 0 Å². The van der Waals surface area contributed by atoms with Crippen LogP contribution in [0.1, 0.15) is 57.6 Å². The van der Waals surface area contributed by atoms with Gasteiger partial charge in [0.2, 0.25) is 5.91 Å². The van der Waals surface area contributed by atoms with Crippen molar-refractivity contribution in [3.63, 3.8) is 0 Å². The van der Waals surface area contributed by atoms with Crippen molar-refractivity contribution < 1.29 is 33.4 Å². The Morgan fingerprint density at radius 1 is 1.02 bits per heavy atom. The second kappa shape index (κ2) is 11.7. The lowest BCUT2D eigenvalue weighted by Crippen LogP contribution is -2.53. The van der Waals surface area contributed by atoms with Crippen LogP contribution in [-0.2, 0) is 23.8 Å². The highest BCUT2D eigenvalue weighted by molar-refractivity contribution is 5.95. The third-order valence-electron chi connectivity index (χ3n) is 8.18. The highest BCUT2D eigenvalue weighted by atomic mass is 16.6. The van der Waals surface area contributed by atoms with Crippen molar-refractivity contribution in [2.24, 2.45) is 5.92 Å². The molecule has 2 aliphatic carbocycles. The van der Waals surface area contributed by atoms with E-state index in [1.54, 1.807) is 33.8 Å². The SMILES string of the molecule is C=CC1CC1(NC(=O)C1CC(NC(=O)OCC2c3ccccc3-c3ccccc32)CN1C(=O)OC(C)(C)C)C(=O)OCC. The summed E-state index contributed by atoms with van der Waals surface area (Å²) in [6.07, 6.45) is 0.757. The van der Waals surface area contributed by atoms with Gasteiger partial charge in [-0.1, -0.05) is 54.6 Å². The first-order valence-electron chi connectivity index (χ1n) is 14.7. The number of carbonyl (C=O) groups excluding carboxylic acids is 4. The van der Waals surface area contributed by atoms with Crippen LogP contribution in [0.25, 0.3) is 11.1 Å². The van der Waals surface area contributed by atoms with Crippen LogP contribution in [0.15, 0.2) is 61.2 Å². The molecule has 10 nitrogen and oxygen atoms in total. The molecule has 2 aromatic rings. The molecule has 0 bridgehead atoms. The first-order chi connectivity index (χ1) is 20.5. The average molecular weight is 590 g/mol. The van der Waals surface area contributed by atoms with E-state index in [0.29, 0.717) is 6.42 Å². The highest BCUT2D eigenvalue weighted by Gasteiger charge is 2.62. The van der Waals surface area contributed by atoms with Crippen molar-refractivity contribution >= 4 is 24.1 Å². The third-order valence-corrected chi connectivity index (χ3v) is 8.18. The molecular weight excluding hydrogens is 550 g/mol. The molecule has 2 aromatic carbocycles. The molecule has 228 valence electrons. The summed E-state index contributed by atoms with van der Waals surface area (Å²) in [4.78, 5) is 53.7. The number of alkyl carbamates (subject to hydrolysis) is 1. The van der Waals surface area contributed by atoms with Crippen LogP contribution in [0.5, 0.6) is 0 Å². The zero-order valence-corrected chi connectivity index (χ0v) is 25.1. The van der Waals surface area contributed by atoms with Gasteiger partial charge in [-0.05, 0) is 62.8 Å². The van der Waals surface area contributed by atoms with Crippen LogP contribution in [0, 0.1) is 5.92 Å². The topological polar surface area (TPSA) is 123 Å². The Morgan fingerprint density at radius 3 is 2.21 bits per heavy atom. The van der Waals surface area contributed by atoms with Gasteiger partial charge in [0.05, 0.1) is 12.6 Å². The zero-order chi connectivity index (χ0) is 30.9. The maximum atomic E-state index is 13.6. The van der Waals surface area contributed by atoms with E-state index in [4.69, 9.17) is 14.2 Å². The lowest BCUT2D eigenvalue weighted by atomic mass is 9.98. The molecule has 1 saturated heterocycles. The Hall–Kier alpha value is -4.34. The van der Waals surface area contributed by atoms with Crippen molar-refractivity contribution in [1.29, 1.82) is 0 Å². The molecular formula is C33H39N3O7. The summed E-state index contributed by atoms with van der Waals surface area (Å²) >= 11 is 0. The molecule has 3 amide bonds. The molecule has 1 saturated carbocycles. The van der Waals surface area contributed by atoms with Crippen molar-refractivity contribution in [3.8, 4) is 11.1 Å². The van der Waals surface area contributed by atoms with E-state index in [-0.39, 0.29) is 38.0 Å². The minimum absolute atomic E-state index is 0.0362. The summed E-state index contributed by atoms with van der Waals surface area (Å²) in [7, 11) is 0. The molecule has 2 fully saturated rings. The summed E-state index contributed by atoms with van der Waals surface area (Å²) < 4.78 is 16.5. The first kappa shape index (κ1) is 30.1. The molecule has 43 heavy (non-hydrogen) atoms. The standard InChI is InChI=1S/C33H39N3O7/c1-6-20-17-33(20,29(38)41-7-2)35-28(37)27-16-21(18-36(27)31(40)43-32(3,4)5)34-30(39)42-19-26-24-14-10-8-12-22(24)23-13-9-11-15-25(23)26/h6,8-15,20-21,26-27H,1,7,16-19H2,2-5H3,(H,34,39)(H,35,37). The van der Waals surface area contributed by atoms with Crippen molar-refractivity contribution in [2.75, 3.05) is 19.8 Å². The molecule has 0 radical (unpaired) electrons. The van der Waals surface area contributed by atoms with Gasteiger partial charge < -0.3 is 24.8 Å². The van der Waals surface area contributed by atoms with Crippen molar-refractivity contribution in [3.05, 3.63) is 72.3 Å². The predicted octanol–water partition coefficient (Wildman–Crippen LogP) is 4.53. The fraction of sp³-hybridized carbons (Fsp3) is 0.455. The molecule has 4 unspecified atom stereocenters. The van der Waals surface area contributed by atoms with Gasteiger partial charge in [-0.25, -0.2) is 14.4 Å². The summed E-state index contributed by atoms with van der Waals surface area (Å²) in [5.41, 5.74) is 2.43. The van der Waals surface area contributed by atoms with E-state index >= 15 is 0 Å². The molecule has 1 aliphatic heterocycles. The Balaban J connectivity index is 1.26. The second-order valence-electron chi connectivity index (χ2n) is 12.3. The Bertz CT molecular complexity index is 1390.